The summed E-state index contributed by atoms with van der Waals surface area (Å²) < 4.78 is 13.5. The van der Waals surface area contributed by atoms with Crippen molar-refractivity contribution in [3.05, 3.63) is 29.1 Å². The average molecular weight is 352 g/mol. The number of nitrogens with one attached hydrogen (secondary N) is 1. The Morgan fingerprint density at radius 2 is 1.67 bits per heavy atom. The van der Waals surface area contributed by atoms with Crippen LogP contribution in [0.25, 0.3) is 0 Å². The highest BCUT2D eigenvalue weighted by Crippen LogP contribution is 2.66. The predicted molar refractivity (Wildman–Crippen MR) is 104 cm³/mol. The summed E-state index contributed by atoms with van der Waals surface area (Å²) in [5, 5.41) is 3.16. The molecule has 1 heterocycles. The summed E-state index contributed by atoms with van der Waals surface area (Å²) in [5.74, 6) is -0.0799. The number of rotatable bonds is 5. The Balaban J connectivity index is 2.25. The summed E-state index contributed by atoms with van der Waals surface area (Å²) in [4.78, 5) is 13.1. The van der Waals surface area contributed by atoms with E-state index in [-0.39, 0.29) is 17.4 Å². The molecule has 1 aromatic carbocycles. The van der Waals surface area contributed by atoms with E-state index >= 15 is 0 Å². The first-order valence-electron chi connectivity index (χ1n) is 9.37. The Kier molecular flexibility index (Phi) is 6.80. The lowest BCUT2D eigenvalue weighted by Crippen LogP contribution is -2.33. The van der Waals surface area contributed by atoms with Gasteiger partial charge in [0.1, 0.15) is 11.5 Å². The lowest BCUT2D eigenvalue weighted by molar-refractivity contribution is -0.115. The normalized spacial score (nSPS) is 18.7. The van der Waals surface area contributed by atoms with Crippen molar-refractivity contribution < 1.29 is 9.18 Å². The molecule has 0 aromatic heterocycles. The van der Waals surface area contributed by atoms with Crippen LogP contribution in [-0.4, -0.2) is 30.1 Å². The average Bonchev–Trinajstić information content (AvgIpc) is 2.78. The molecule has 24 heavy (non-hydrogen) atoms. The molecule has 1 fully saturated rings. The van der Waals surface area contributed by atoms with Gasteiger partial charge in [0.25, 0.3) is 5.91 Å². The molecule has 1 aliphatic rings. The van der Waals surface area contributed by atoms with Gasteiger partial charge in [0.15, 0.2) is 0 Å². The minimum absolute atomic E-state index is 0.143. The van der Waals surface area contributed by atoms with Crippen LogP contribution < -0.4 is 5.32 Å². The predicted octanol–water partition coefficient (Wildman–Crippen LogP) is 5.77. The molecule has 0 saturated carbocycles. The molecular weight excluding hydrogens is 320 g/mol. The van der Waals surface area contributed by atoms with E-state index in [4.69, 9.17) is 0 Å². The van der Waals surface area contributed by atoms with Crippen molar-refractivity contribution in [2.45, 2.75) is 65.5 Å². The van der Waals surface area contributed by atoms with E-state index in [1.165, 1.54) is 56.3 Å². The largest absolute Gasteiger partial charge is 0.322 e. The highest BCUT2D eigenvalue weighted by atomic mass is 31.2. The maximum atomic E-state index is 13.5. The second-order valence-corrected chi connectivity index (χ2v) is 11.8. The molecule has 1 amide bonds. The Morgan fingerprint density at radius 3 is 2.12 bits per heavy atom. The van der Waals surface area contributed by atoms with Gasteiger partial charge in [0, 0.05) is 12.9 Å². The number of carbonyl (C=O) groups is 1. The fourth-order valence-corrected chi connectivity index (χ4v) is 9.27. The third-order valence-electron chi connectivity index (χ3n) is 5.68. The van der Waals surface area contributed by atoms with Crippen LogP contribution in [0.15, 0.2) is 12.1 Å². The van der Waals surface area contributed by atoms with Crippen molar-refractivity contribution in [3.8, 4) is 0 Å². The van der Waals surface area contributed by atoms with E-state index in [1.54, 1.807) is 0 Å². The maximum Gasteiger partial charge on any atom is 0.265 e. The molecule has 2 nitrogen and oxygen atoms in total. The number of benzene rings is 1. The number of anilines is 1. The number of hydrogen-bond acceptors (Lipinski definition) is 1. The van der Waals surface area contributed by atoms with Crippen LogP contribution in [0.4, 0.5) is 10.1 Å². The maximum absolute atomic E-state index is 13.5. The van der Waals surface area contributed by atoms with Crippen LogP contribution in [-0.2, 0) is 4.79 Å². The summed E-state index contributed by atoms with van der Waals surface area (Å²) in [6, 6.07) is 3.00. The summed E-state index contributed by atoms with van der Waals surface area (Å²) >= 11 is 0. The monoisotopic (exact) mass is 352 g/mol. The molecule has 1 atom stereocenters. The summed E-state index contributed by atoms with van der Waals surface area (Å²) in [7, 11) is -1.24. The Morgan fingerprint density at radius 1 is 1.12 bits per heavy atom. The molecule has 0 aliphatic carbocycles. The quantitative estimate of drug-likeness (QED) is 0.670. The van der Waals surface area contributed by atoms with Gasteiger partial charge in [-0.1, -0.05) is 6.92 Å². The van der Waals surface area contributed by atoms with Gasteiger partial charge in [-0.05, 0) is 76.1 Å². The first-order chi connectivity index (χ1) is 11.4. The van der Waals surface area contributed by atoms with Gasteiger partial charge in [-0.25, -0.2) is 4.39 Å². The molecule has 1 saturated heterocycles. The summed E-state index contributed by atoms with van der Waals surface area (Å²) in [5.41, 5.74) is 2.55. The van der Waals surface area contributed by atoms with Crippen molar-refractivity contribution in [1.82, 2.24) is 0 Å². The number of carbonyl (C=O) groups excluding carboxylic acids is 1. The molecule has 4 heteroatoms. The minimum Gasteiger partial charge on any atom is -0.322 e. The van der Waals surface area contributed by atoms with Gasteiger partial charge in [-0.15, -0.1) is 0 Å². The zero-order valence-corrected chi connectivity index (χ0v) is 16.5. The Labute approximate surface area is 146 Å². The molecule has 1 N–H and O–H groups in total. The summed E-state index contributed by atoms with van der Waals surface area (Å²) in [6.07, 6.45) is 9.78. The summed E-state index contributed by atoms with van der Waals surface area (Å²) in [6.45, 7) is 8.16. The first-order valence-corrected chi connectivity index (χ1v) is 11.8. The van der Waals surface area contributed by atoms with Crippen molar-refractivity contribution in [3.63, 3.8) is 0 Å². The van der Waals surface area contributed by atoms with E-state index in [2.05, 4.69) is 19.2 Å². The zero-order chi connectivity index (χ0) is 17.7. The highest BCUT2D eigenvalue weighted by molar-refractivity contribution is 7.77. The van der Waals surface area contributed by atoms with E-state index < -0.39 is 7.26 Å². The van der Waals surface area contributed by atoms with Crippen LogP contribution >= 0.6 is 7.26 Å². The lowest BCUT2D eigenvalue weighted by Gasteiger charge is -2.32. The van der Waals surface area contributed by atoms with Gasteiger partial charge in [0.2, 0.25) is 0 Å². The zero-order valence-electron chi connectivity index (χ0n) is 15.6. The molecule has 1 unspecified atom stereocenters. The molecule has 0 radical (unpaired) electrons. The van der Waals surface area contributed by atoms with Crippen molar-refractivity contribution in [1.29, 1.82) is 0 Å². The number of aryl methyl sites for hydroxylation is 2. The van der Waals surface area contributed by atoms with Gasteiger partial charge in [-0.2, -0.15) is 0 Å². The van der Waals surface area contributed by atoms with E-state index in [0.717, 1.165) is 23.2 Å². The standard InChI is InChI=1S/C20H31FNOP/c1-5-18(24(6-2)11-9-7-8-10-12-24)20(23)22-19-15(3)13-17(21)14-16(19)4/h13-14,18H,5-12H2,1-4H3/p+1. The first kappa shape index (κ1) is 19.4. The molecule has 1 aromatic rings. The topological polar surface area (TPSA) is 29.1 Å². The molecule has 0 spiro atoms. The fourth-order valence-electron chi connectivity index (χ4n) is 4.30. The fraction of sp³-hybridized carbons (Fsp3) is 0.650. The van der Waals surface area contributed by atoms with Crippen molar-refractivity contribution >= 4 is 18.9 Å². The lowest BCUT2D eigenvalue weighted by atomic mass is 10.1. The van der Waals surface area contributed by atoms with Crippen LogP contribution in [0, 0.1) is 19.7 Å². The van der Waals surface area contributed by atoms with Crippen LogP contribution in [0.3, 0.4) is 0 Å². The molecule has 134 valence electrons. The van der Waals surface area contributed by atoms with Crippen LogP contribution in [0.1, 0.15) is 57.1 Å². The molecule has 2 rings (SSSR count). The van der Waals surface area contributed by atoms with Crippen LogP contribution in [0.2, 0.25) is 0 Å². The van der Waals surface area contributed by atoms with Crippen molar-refractivity contribution in [2.24, 2.45) is 0 Å². The smallest absolute Gasteiger partial charge is 0.265 e. The number of hydrogen-bond donors (Lipinski definition) is 1. The SMILES string of the molecule is CCC(C(=O)Nc1c(C)cc(F)cc1C)[P+]1(CC)CCCCCC1. The number of halogens is 1. The van der Waals surface area contributed by atoms with Crippen LogP contribution in [0.5, 0.6) is 0 Å². The second-order valence-electron chi connectivity index (χ2n) is 7.22. The van der Waals surface area contributed by atoms with Gasteiger partial charge < -0.3 is 5.32 Å². The second kappa shape index (κ2) is 8.43. The Bertz CT molecular complexity index is 556. The molecule has 1 aliphatic heterocycles. The molecular formula is C20H32FNOP+. The third kappa shape index (κ3) is 4.17. The van der Waals surface area contributed by atoms with Gasteiger partial charge in [0.05, 0.1) is 18.5 Å². The van der Waals surface area contributed by atoms with Gasteiger partial charge >= 0.3 is 0 Å². The van der Waals surface area contributed by atoms with E-state index in [0.29, 0.717) is 0 Å². The van der Waals surface area contributed by atoms with E-state index in [1.807, 2.05) is 13.8 Å². The minimum atomic E-state index is -1.24. The highest BCUT2D eigenvalue weighted by Gasteiger charge is 2.47. The van der Waals surface area contributed by atoms with Gasteiger partial charge in [-0.3, -0.25) is 4.79 Å². The van der Waals surface area contributed by atoms with E-state index in [9.17, 15) is 9.18 Å². The number of amides is 1. The Hall–Kier alpha value is -0.950. The third-order valence-corrected chi connectivity index (χ3v) is 11.3. The molecule has 0 bridgehead atoms. The van der Waals surface area contributed by atoms with Crippen molar-refractivity contribution in [2.75, 3.05) is 23.8 Å².